The number of hydrogen-bond acceptors (Lipinski definition) is 3. The highest BCUT2D eigenvalue weighted by Gasteiger charge is 2.35. The Balaban J connectivity index is 1.93. The number of nitrogens with zero attached hydrogens (tertiary/aromatic N) is 1. The molecule has 5 heteroatoms. The third-order valence-electron chi connectivity index (χ3n) is 4.43. The lowest BCUT2D eigenvalue weighted by Gasteiger charge is -2.27. The zero-order valence-corrected chi connectivity index (χ0v) is 15.0. The van der Waals surface area contributed by atoms with Crippen LogP contribution in [0.4, 0.5) is 5.69 Å². The highest BCUT2D eigenvalue weighted by atomic mass is 16.3. The van der Waals surface area contributed by atoms with Crippen molar-refractivity contribution in [1.29, 1.82) is 0 Å². The molecule has 1 saturated heterocycles. The first kappa shape index (κ1) is 18.5. The minimum absolute atomic E-state index is 0.0118. The molecule has 0 bridgehead atoms. The zero-order chi connectivity index (χ0) is 17.9. The van der Waals surface area contributed by atoms with E-state index in [4.69, 9.17) is 0 Å². The molecule has 0 spiro atoms. The molecule has 2 N–H and O–H groups in total. The second-order valence-corrected chi connectivity index (χ2v) is 7.68. The third-order valence-corrected chi connectivity index (χ3v) is 4.43. The number of aryl methyl sites for hydroxylation is 1. The number of benzene rings is 1. The van der Waals surface area contributed by atoms with Gasteiger partial charge in [0.1, 0.15) is 0 Å². The third kappa shape index (κ3) is 4.81. The first-order valence-corrected chi connectivity index (χ1v) is 8.51. The molecule has 1 heterocycles. The van der Waals surface area contributed by atoms with Crippen LogP contribution in [0.25, 0.3) is 0 Å². The number of hydrogen-bond donors (Lipinski definition) is 2. The van der Waals surface area contributed by atoms with Crippen LogP contribution in [0.1, 0.15) is 39.2 Å². The van der Waals surface area contributed by atoms with E-state index in [1.165, 1.54) is 0 Å². The minimum atomic E-state index is -0.401. The second-order valence-electron chi connectivity index (χ2n) is 7.68. The molecule has 2 amide bonds. The van der Waals surface area contributed by atoms with Gasteiger partial charge in [0, 0.05) is 25.2 Å². The lowest BCUT2D eigenvalue weighted by atomic mass is 9.87. The molecule has 0 aliphatic carbocycles. The molecule has 2 rings (SSSR count). The van der Waals surface area contributed by atoms with Gasteiger partial charge in [-0.05, 0) is 37.8 Å². The molecule has 1 aromatic rings. The maximum atomic E-state index is 12.4. The average molecular weight is 332 g/mol. The van der Waals surface area contributed by atoms with Crippen LogP contribution in [0.3, 0.4) is 0 Å². The van der Waals surface area contributed by atoms with Crippen molar-refractivity contribution in [3.63, 3.8) is 0 Å². The Morgan fingerprint density at radius 1 is 1.38 bits per heavy atom. The van der Waals surface area contributed by atoms with Crippen molar-refractivity contribution in [2.75, 3.05) is 18.0 Å². The van der Waals surface area contributed by atoms with Gasteiger partial charge in [0.05, 0.1) is 12.0 Å². The number of rotatable bonds is 6. The summed E-state index contributed by atoms with van der Waals surface area (Å²) in [4.78, 5) is 26.3. The fraction of sp³-hybridized carbons (Fsp3) is 0.579. The van der Waals surface area contributed by atoms with Crippen molar-refractivity contribution in [2.24, 2.45) is 11.3 Å². The number of aliphatic hydroxyl groups is 1. The Hall–Kier alpha value is -1.88. The Morgan fingerprint density at radius 3 is 2.58 bits per heavy atom. The number of amides is 2. The van der Waals surface area contributed by atoms with Crippen LogP contribution >= 0.6 is 0 Å². The minimum Gasteiger partial charge on any atom is -0.393 e. The summed E-state index contributed by atoms with van der Waals surface area (Å²) >= 11 is 0. The maximum absolute atomic E-state index is 12.4. The fourth-order valence-corrected chi connectivity index (χ4v) is 3.20. The zero-order valence-electron chi connectivity index (χ0n) is 15.0. The van der Waals surface area contributed by atoms with Crippen molar-refractivity contribution in [2.45, 2.75) is 46.6 Å². The molecule has 5 nitrogen and oxygen atoms in total. The number of carbonyl (C=O) groups is 2. The van der Waals surface area contributed by atoms with Crippen LogP contribution in [0.5, 0.6) is 0 Å². The Kier molecular flexibility index (Phi) is 5.65. The molecule has 24 heavy (non-hydrogen) atoms. The van der Waals surface area contributed by atoms with E-state index in [0.29, 0.717) is 19.5 Å². The molecule has 1 aliphatic rings. The molecule has 132 valence electrons. The predicted molar refractivity (Wildman–Crippen MR) is 94.7 cm³/mol. The van der Waals surface area contributed by atoms with Gasteiger partial charge in [-0.25, -0.2) is 0 Å². The maximum Gasteiger partial charge on any atom is 0.227 e. The summed E-state index contributed by atoms with van der Waals surface area (Å²) in [5.74, 6) is -0.417. The fourth-order valence-electron chi connectivity index (χ4n) is 3.20. The summed E-state index contributed by atoms with van der Waals surface area (Å²) < 4.78 is 0. The Bertz CT molecular complexity index is 593. The van der Waals surface area contributed by atoms with Gasteiger partial charge in [0.25, 0.3) is 0 Å². The molecular formula is C19H28N2O3. The lowest BCUT2D eigenvalue weighted by molar-refractivity contribution is -0.126. The first-order valence-electron chi connectivity index (χ1n) is 8.51. The summed E-state index contributed by atoms with van der Waals surface area (Å²) in [6, 6.07) is 7.77. The van der Waals surface area contributed by atoms with E-state index >= 15 is 0 Å². The topological polar surface area (TPSA) is 69.6 Å². The molecule has 0 radical (unpaired) electrons. The summed E-state index contributed by atoms with van der Waals surface area (Å²) in [5, 5.41) is 12.5. The van der Waals surface area contributed by atoms with Gasteiger partial charge in [0.15, 0.2) is 0 Å². The summed E-state index contributed by atoms with van der Waals surface area (Å²) in [7, 11) is 0. The van der Waals surface area contributed by atoms with E-state index in [1.54, 1.807) is 11.8 Å². The SMILES string of the molecule is Cc1ccc(N2CC(C(=O)NCC(C)(C)CC(C)O)CC2=O)cc1. The van der Waals surface area contributed by atoms with Gasteiger partial charge in [0.2, 0.25) is 11.8 Å². The van der Waals surface area contributed by atoms with Crippen molar-refractivity contribution in [1.82, 2.24) is 5.32 Å². The molecular weight excluding hydrogens is 304 g/mol. The Morgan fingerprint density at radius 2 is 2.00 bits per heavy atom. The molecule has 0 aromatic heterocycles. The van der Waals surface area contributed by atoms with Crippen LogP contribution in [-0.2, 0) is 9.59 Å². The van der Waals surface area contributed by atoms with Crippen molar-refractivity contribution < 1.29 is 14.7 Å². The quantitative estimate of drug-likeness (QED) is 0.839. The van der Waals surface area contributed by atoms with Gasteiger partial charge in [-0.1, -0.05) is 31.5 Å². The van der Waals surface area contributed by atoms with Crippen LogP contribution < -0.4 is 10.2 Å². The van der Waals surface area contributed by atoms with Gasteiger partial charge >= 0.3 is 0 Å². The van der Waals surface area contributed by atoms with E-state index in [-0.39, 0.29) is 29.6 Å². The number of carbonyl (C=O) groups excluding carboxylic acids is 2. The van der Waals surface area contributed by atoms with Crippen molar-refractivity contribution in [3.05, 3.63) is 29.8 Å². The van der Waals surface area contributed by atoms with Crippen molar-refractivity contribution >= 4 is 17.5 Å². The number of anilines is 1. The van der Waals surface area contributed by atoms with E-state index in [2.05, 4.69) is 5.32 Å². The van der Waals surface area contributed by atoms with Gasteiger partial charge in [-0.2, -0.15) is 0 Å². The first-order chi connectivity index (χ1) is 11.2. The molecule has 2 unspecified atom stereocenters. The monoisotopic (exact) mass is 332 g/mol. The largest absolute Gasteiger partial charge is 0.393 e. The van der Waals surface area contributed by atoms with Gasteiger partial charge in [-0.3, -0.25) is 9.59 Å². The number of nitrogens with one attached hydrogen (secondary N) is 1. The molecule has 1 fully saturated rings. The summed E-state index contributed by atoms with van der Waals surface area (Å²) in [5.41, 5.74) is 1.80. The predicted octanol–water partition coefficient (Wildman–Crippen LogP) is 2.26. The van der Waals surface area contributed by atoms with Crippen LogP contribution in [0, 0.1) is 18.3 Å². The standard InChI is InChI=1S/C19H28N2O3/c1-13-5-7-16(8-6-13)21-11-15(9-17(21)23)18(24)20-12-19(3,4)10-14(2)22/h5-8,14-15,22H,9-12H2,1-4H3,(H,20,24). The average Bonchev–Trinajstić information content (AvgIpc) is 2.86. The van der Waals surface area contributed by atoms with E-state index < -0.39 is 6.10 Å². The van der Waals surface area contributed by atoms with Crippen LogP contribution in [-0.4, -0.2) is 36.1 Å². The second kappa shape index (κ2) is 7.34. The highest BCUT2D eigenvalue weighted by molar-refractivity contribution is 6.00. The van der Waals surface area contributed by atoms with Crippen LogP contribution in [0.2, 0.25) is 0 Å². The van der Waals surface area contributed by atoms with Gasteiger partial charge in [-0.15, -0.1) is 0 Å². The molecule has 0 saturated carbocycles. The Labute approximate surface area is 144 Å². The van der Waals surface area contributed by atoms with E-state index in [0.717, 1.165) is 11.3 Å². The summed E-state index contributed by atoms with van der Waals surface area (Å²) in [6.07, 6.45) is 0.463. The van der Waals surface area contributed by atoms with E-state index in [9.17, 15) is 14.7 Å². The number of aliphatic hydroxyl groups excluding tert-OH is 1. The molecule has 2 atom stereocenters. The van der Waals surface area contributed by atoms with Crippen molar-refractivity contribution in [3.8, 4) is 0 Å². The molecule has 1 aromatic carbocycles. The summed E-state index contributed by atoms with van der Waals surface area (Å²) in [6.45, 7) is 8.69. The van der Waals surface area contributed by atoms with Crippen LogP contribution in [0.15, 0.2) is 24.3 Å². The van der Waals surface area contributed by atoms with E-state index in [1.807, 2.05) is 45.0 Å². The normalized spacial score (nSPS) is 19.5. The smallest absolute Gasteiger partial charge is 0.227 e. The highest BCUT2D eigenvalue weighted by Crippen LogP contribution is 2.26. The lowest BCUT2D eigenvalue weighted by Crippen LogP contribution is -2.39. The van der Waals surface area contributed by atoms with Gasteiger partial charge < -0.3 is 15.3 Å². The molecule has 1 aliphatic heterocycles.